The largest absolute Gasteiger partial charge is 0.444 e. The van der Waals surface area contributed by atoms with Gasteiger partial charge in [-0.2, -0.15) is 0 Å². The number of benzene rings is 1. The molecule has 1 saturated heterocycles. The zero-order chi connectivity index (χ0) is 17.7. The Bertz CT molecular complexity index is 677. The van der Waals surface area contributed by atoms with Gasteiger partial charge in [0.25, 0.3) is 0 Å². The smallest absolute Gasteiger partial charge is 0.407 e. The van der Waals surface area contributed by atoms with Crippen LogP contribution in [0.15, 0.2) is 24.3 Å². The molecule has 3 atom stereocenters. The Morgan fingerprint density at radius 1 is 1.44 bits per heavy atom. The first-order valence-electron chi connectivity index (χ1n) is 8.58. The van der Waals surface area contributed by atoms with Crippen LogP contribution in [0.2, 0.25) is 5.02 Å². The summed E-state index contributed by atoms with van der Waals surface area (Å²) in [6.07, 6.45) is 2.67. The quantitative estimate of drug-likeness (QED) is 0.793. The van der Waals surface area contributed by atoms with E-state index in [0.717, 1.165) is 24.8 Å². The number of carbonyl (C=O) groups is 1. The lowest BCUT2D eigenvalue weighted by molar-refractivity contribution is 0.0406. The van der Waals surface area contributed by atoms with Gasteiger partial charge in [-0.25, -0.2) is 4.79 Å². The second-order valence-corrected chi connectivity index (χ2v) is 7.06. The van der Waals surface area contributed by atoms with Crippen molar-refractivity contribution in [3.8, 4) is 11.8 Å². The van der Waals surface area contributed by atoms with Gasteiger partial charge in [-0.15, -0.1) is 0 Å². The van der Waals surface area contributed by atoms with Crippen molar-refractivity contribution >= 4 is 17.7 Å². The van der Waals surface area contributed by atoms with E-state index in [1.54, 1.807) is 12.1 Å². The molecule has 2 N–H and O–H groups in total. The summed E-state index contributed by atoms with van der Waals surface area (Å²) in [5, 5.41) is 14.2. The molecule has 1 heterocycles. The van der Waals surface area contributed by atoms with Gasteiger partial charge in [0.15, 0.2) is 0 Å². The number of nitrogens with one attached hydrogen (secondary N) is 1. The molecule has 1 aromatic rings. The first-order chi connectivity index (χ1) is 12.0. The maximum absolute atomic E-state index is 12.0. The van der Waals surface area contributed by atoms with Crippen LogP contribution in [-0.4, -0.2) is 42.2 Å². The van der Waals surface area contributed by atoms with Gasteiger partial charge >= 0.3 is 6.09 Å². The lowest BCUT2D eigenvalue weighted by Crippen LogP contribution is -2.46. The van der Waals surface area contributed by atoms with Crippen molar-refractivity contribution in [2.75, 3.05) is 13.2 Å². The summed E-state index contributed by atoms with van der Waals surface area (Å²) in [4.78, 5) is 12.0. The van der Waals surface area contributed by atoms with Crippen LogP contribution >= 0.6 is 11.6 Å². The van der Waals surface area contributed by atoms with Crippen LogP contribution in [0.3, 0.4) is 0 Å². The highest BCUT2D eigenvalue weighted by atomic mass is 35.5. The van der Waals surface area contributed by atoms with E-state index in [4.69, 9.17) is 21.1 Å². The predicted octanol–water partition coefficient (Wildman–Crippen LogP) is 2.88. The fourth-order valence-corrected chi connectivity index (χ4v) is 3.39. The number of amides is 1. The highest BCUT2D eigenvalue weighted by molar-refractivity contribution is 6.30. The molecule has 6 heteroatoms. The van der Waals surface area contributed by atoms with Crippen molar-refractivity contribution in [3.05, 3.63) is 34.9 Å². The topological polar surface area (TPSA) is 67.8 Å². The van der Waals surface area contributed by atoms with Gasteiger partial charge in [-0.05, 0) is 37.5 Å². The third-order valence-corrected chi connectivity index (χ3v) is 4.71. The number of hydrogen-bond acceptors (Lipinski definition) is 4. The zero-order valence-corrected chi connectivity index (χ0v) is 14.7. The minimum Gasteiger partial charge on any atom is -0.444 e. The average molecular weight is 364 g/mol. The van der Waals surface area contributed by atoms with Crippen molar-refractivity contribution in [3.63, 3.8) is 0 Å². The van der Waals surface area contributed by atoms with E-state index >= 15 is 0 Å². The normalized spacial score (nSPS) is 28.7. The first-order valence-corrected chi connectivity index (χ1v) is 8.96. The molecule has 0 aromatic heterocycles. The number of hydrogen-bond donors (Lipinski definition) is 2. The summed E-state index contributed by atoms with van der Waals surface area (Å²) in [7, 11) is 0. The third-order valence-electron chi connectivity index (χ3n) is 4.47. The molecule has 1 saturated carbocycles. The van der Waals surface area contributed by atoms with Crippen molar-refractivity contribution < 1.29 is 19.4 Å². The summed E-state index contributed by atoms with van der Waals surface area (Å²) in [6, 6.07) is 7.06. The molecule has 2 fully saturated rings. The third kappa shape index (κ3) is 5.37. The Balaban J connectivity index is 1.57. The van der Waals surface area contributed by atoms with Gasteiger partial charge in [-0.3, -0.25) is 0 Å². The van der Waals surface area contributed by atoms with Crippen LogP contribution in [0.1, 0.15) is 37.7 Å². The highest BCUT2D eigenvalue weighted by Gasteiger charge is 2.34. The van der Waals surface area contributed by atoms with Gasteiger partial charge < -0.3 is 19.9 Å². The maximum atomic E-state index is 12.0. The molecule has 5 nitrogen and oxygen atoms in total. The van der Waals surface area contributed by atoms with E-state index in [1.807, 2.05) is 12.1 Å². The molecule has 0 radical (unpaired) electrons. The molecular weight excluding hydrogens is 342 g/mol. The highest BCUT2D eigenvalue weighted by Crippen LogP contribution is 2.28. The Hall–Kier alpha value is -1.74. The van der Waals surface area contributed by atoms with Gasteiger partial charge in [0, 0.05) is 29.5 Å². The van der Waals surface area contributed by atoms with E-state index < -0.39 is 11.7 Å². The summed E-state index contributed by atoms with van der Waals surface area (Å²) >= 11 is 5.95. The fourth-order valence-electron chi connectivity index (χ4n) is 3.20. The molecule has 1 aliphatic heterocycles. The maximum Gasteiger partial charge on any atom is 0.407 e. The molecule has 1 aliphatic carbocycles. The number of ether oxygens (including phenoxy) is 2. The molecule has 1 aromatic carbocycles. The molecule has 0 unspecified atom stereocenters. The Morgan fingerprint density at radius 2 is 2.32 bits per heavy atom. The van der Waals surface area contributed by atoms with Gasteiger partial charge in [0.2, 0.25) is 0 Å². The predicted molar refractivity (Wildman–Crippen MR) is 94.4 cm³/mol. The van der Waals surface area contributed by atoms with Gasteiger partial charge in [-0.1, -0.05) is 29.5 Å². The van der Waals surface area contributed by atoms with Gasteiger partial charge in [0.1, 0.15) is 11.7 Å². The lowest BCUT2D eigenvalue weighted by atomic mass is 9.82. The molecule has 1 amide bonds. The van der Waals surface area contributed by atoms with E-state index in [-0.39, 0.29) is 12.1 Å². The van der Waals surface area contributed by atoms with Gasteiger partial charge in [0.05, 0.1) is 13.2 Å². The second-order valence-electron chi connectivity index (χ2n) is 6.62. The zero-order valence-electron chi connectivity index (χ0n) is 14.0. The minimum absolute atomic E-state index is 0.151. The summed E-state index contributed by atoms with van der Waals surface area (Å²) < 4.78 is 10.5. The van der Waals surface area contributed by atoms with E-state index in [0.29, 0.717) is 31.1 Å². The molecule has 25 heavy (non-hydrogen) atoms. The van der Waals surface area contributed by atoms with Crippen molar-refractivity contribution in [2.45, 2.75) is 49.9 Å². The Labute approximate surface area is 152 Å². The monoisotopic (exact) mass is 363 g/mol. The Kier molecular flexibility index (Phi) is 5.85. The first kappa shape index (κ1) is 18.1. The molecule has 0 bridgehead atoms. The average Bonchev–Trinajstić information content (AvgIpc) is 3.06. The molecular formula is C19H22ClNO4. The minimum atomic E-state index is -1.12. The summed E-state index contributed by atoms with van der Waals surface area (Å²) in [6.45, 7) is 1.08. The summed E-state index contributed by atoms with van der Waals surface area (Å²) in [5.74, 6) is 5.94. The van der Waals surface area contributed by atoms with Crippen LogP contribution < -0.4 is 5.32 Å². The van der Waals surface area contributed by atoms with E-state index in [2.05, 4.69) is 17.2 Å². The summed E-state index contributed by atoms with van der Waals surface area (Å²) in [5.41, 5.74) is -0.355. The molecule has 2 aliphatic rings. The van der Waals surface area contributed by atoms with Crippen LogP contribution in [0.5, 0.6) is 0 Å². The number of rotatable bonds is 2. The standard InChI is InChI=1S/C19H22ClNO4/c20-15-4-1-3-14(11-15)6-9-19(23)8-2-5-16(12-19)21-18(22)25-17-7-10-24-13-17/h1,3-4,11,16-17,23H,2,5,7-8,10,12-13H2,(H,21,22)/t16-,17-,19+/m1/s1. The number of aliphatic hydroxyl groups is 1. The van der Waals surface area contributed by atoms with Crippen molar-refractivity contribution in [1.29, 1.82) is 0 Å². The Morgan fingerprint density at radius 3 is 3.08 bits per heavy atom. The number of carbonyl (C=O) groups excluding carboxylic acids is 1. The van der Waals surface area contributed by atoms with Crippen LogP contribution in [0, 0.1) is 11.8 Å². The fraction of sp³-hybridized carbons (Fsp3) is 0.526. The van der Waals surface area contributed by atoms with Crippen molar-refractivity contribution in [2.24, 2.45) is 0 Å². The molecule has 134 valence electrons. The van der Waals surface area contributed by atoms with E-state index in [9.17, 15) is 9.90 Å². The second kappa shape index (κ2) is 8.09. The number of alkyl carbamates (subject to hydrolysis) is 1. The van der Waals surface area contributed by atoms with E-state index in [1.165, 1.54) is 0 Å². The molecule has 3 rings (SSSR count). The lowest BCUT2D eigenvalue weighted by Gasteiger charge is -2.33. The van der Waals surface area contributed by atoms with Crippen LogP contribution in [0.4, 0.5) is 4.79 Å². The SMILES string of the molecule is O=C(N[C@@H]1CCC[C@](O)(C#Cc2cccc(Cl)c2)C1)O[C@@H]1CCOC1. The molecule has 0 spiro atoms. The van der Waals surface area contributed by atoms with Crippen LogP contribution in [0.25, 0.3) is 0 Å². The number of halogens is 1. The van der Waals surface area contributed by atoms with Crippen molar-refractivity contribution in [1.82, 2.24) is 5.32 Å². The van der Waals surface area contributed by atoms with Crippen LogP contribution in [-0.2, 0) is 9.47 Å².